The number of nitrogens with one attached hydrogen (secondary N) is 1. The van der Waals surface area contributed by atoms with Crippen molar-refractivity contribution in [1.82, 2.24) is 0 Å². The van der Waals surface area contributed by atoms with E-state index in [0.717, 1.165) is 6.07 Å². The third kappa shape index (κ3) is 3.34. The second-order valence-corrected chi connectivity index (χ2v) is 4.50. The molecule has 21 heavy (non-hydrogen) atoms. The van der Waals surface area contributed by atoms with Gasteiger partial charge < -0.3 is 10.4 Å². The normalized spacial score (nSPS) is 11.2. The minimum atomic E-state index is -4.45. The van der Waals surface area contributed by atoms with Crippen LogP contribution < -0.4 is 5.32 Å². The third-order valence-electron chi connectivity index (χ3n) is 2.98. The van der Waals surface area contributed by atoms with Crippen LogP contribution in [0, 0.1) is 6.92 Å². The summed E-state index contributed by atoms with van der Waals surface area (Å²) >= 11 is 0. The van der Waals surface area contributed by atoms with E-state index in [4.69, 9.17) is 5.11 Å². The number of carbonyl (C=O) groups is 1. The highest BCUT2D eigenvalue weighted by atomic mass is 19.4. The van der Waals surface area contributed by atoms with Crippen LogP contribution >= 0.6 is 0 Å². The molecule has 0 saturated heterocycles. The van der Waals surface area contributed by atoms with Crippen molar-refractivity contribution in [2.24, 2.45) is 0 Å². The van der Waals surface area contributed by atoms with Gasteiger partial charge in [-0.3, -0.25) is 0 Å². The fourth-order valence-electron chi connectivity index (χ4n) is 1.94. The molecule has 0 bridgehead atoms. The van der Waals surface area contributed by atoms with Gasteiger partial charge in [-0.05, 0) is 36.8 Å². The van der Waals surface area contributed by atoms with Crippen molar-refractivity contribution >= 4 is 17.3 Å². The number of hydrogen-bond donors (Lipinski definition) is 2. The molecule has 0 spiro atoms. The Morgan fingerprint density at radius 3 is 2.43 bits per heavy atom. The average molecular weight is 295 g/mol. The van der Waals surface area contributed by atoms with Crippen molar-refractivity contribution in [2.75, 3.05) is 5.32 Å². The van der Waals surface area contributed by atoms with Gasteiger partial charge in [0.05, 0.1) is 16.8 Å². The second-order valence-electron chi connectivity index (χ2n) is 4.50. The maximum absolute atomic E-state index is 12.9. The molecule has 2 N–H and O–H groups in total. The summed E-state index contributed by atoms with van der Waals surface area (Å²) in [4.78, 5) is 11.1. The van der Waals surface area contributed by atoms with Crippen LogP contribution in [0.1, 0.15) is 21.5 Å². The Labute approximate surface area is 119 Å². The number of carboxylic acids is 1. The zero-order chi connectivity index (χ0) is 15.6. The minimum absolute atomic E-state index is 0.00775. The number of para-hydroxylation sites is 1. The van der Waals surface area contributed by atoms with Crippen molar-refractivity contribution in [3.63, 3.8) is 0 Å². The summed E-state index contributed by atoms with van der Waals surface area (Å²) in [5.41, 5.74) is -0.227. The van der Waals surface area contributed by atoms with Crippen LogP contribution in [0.5, 0.6) is 0 Å². The van der Waals surface area contributed by atoms with E-state index in [2.05, 4.69) is 5.32 Å². The van der Waals surface area contributed by atoms with Gasteiger partial charge in [-0.1, -0.05) is 18.2 Å². The van der Waals surface area contributed by atoms with Crippen LogP contribution in [0.15, 0.2) is 42.5 Å². The second kappa shape index (κ2) is 5.47. The SMILES string of the molecule is Cc1ccc(Nc2ccccc2C(=O)O)cc1C(F)(F)F. The van der Waals surface area contributed by atoms with Crippen LogP contribution in [0.2, 0.25) is 0 Å². The van der Waals surface area contributed by atoms with E-state index in [1.165, 1.54) is 31.2 Å². The summed E-state index contributed by atoms with van der Waals surface area (Å²) in [6.07, 6.45) is -4.45. The first-order chi connectivity index (χ1) is 9.79. The molecule has 110 valence electrons. The molecule has 2 rings (SSSR count). The highest BCUT2D eigenvalue weighted by Crippen LogP contribution is 2.34. The number of rotatable bonds is 3. The van der Waals surface area contributed by atoms with Gasteiger partial charge in [-0.25, -0.2) is 4.79 Å². The summed E-state index contributed by atoms with van der Waals surface area (Å²) in [6.45, 7) is 1.37. The molecule has 0 aliphatic rings. The quantitative estimate of drug-likeness (QED) is 0.879. The zero-order valence-electron chi connectivity index (χ0n) is 11.0. The molecule has 0 aliphatic carbocycles. The Bertz CT molecular complexity index is 681. The first-order valence-corrected chi connectivity index (χ1v) is 6.06. The Kier molecular flexibility index (Phi) is 3.88. The van der Waals surface area contributed by atoms with E-state index in [-0.39, 0.29) is 22.5 Å². The Morgan fingerprint density at radius 2 is 1.81 bits per heavy atom. The summed E-state index contributed by atoms with van der Waals surface area (Å²) in [6, 6.07) is 9.81. The number of hydrogen-bond acceptors (Lipinski definition) is 2. The van der Waals surface area contributed by atoms with Gasteiger partial charge in [0, 0.05) is 5.69 Å². The molecular weight excluding hydrogens is 283 g/mol. The first kappa shape index (κ1) is 14.9. The molecule has 3 nitrogen and oxygen atoms in total. The number of alkyl halides is 3. The molecule has 0 unspecified atom stereocenters. The lowest BCUT2D eigenvalue weighted by Crippen LogP contribution is -2.08. The van der Waals surface area contributed by atoms with Gasteiger partial charge in [0.15, 0.2) is 0 Å². The number of benzene rings is 2. The van der Waals surface area contributed by atoms with Crippen LogP contribution in [0.25, 0.3) is 0 Å². The topological polar surface area (TPSA) is 49.3 Å². The highest BCUT2D eigenvalue weighted by Gasteiger charge is 2.32. The van der Waals surface area contributed by atoms with Crippen LogP contribution in [0.3, 0.4) is 0 Å². The van der Waals surface area contributed by atoms with Crippen molar-refractivity contribution < 1.29 is 23.1 Å². The molecule has 0 fully saturated rings. The molecule has 2 aromatic rings. The van der Waals surface area contributed by atoms with Crippen LogP contribution in [-0.2, 0) is 6.18 Å². The summed E-state index contributed by atoms with van der Waals surface area (Å²) < 4.78 is 38.6. The first-order valence-electron chi connectivity index (χ1n) is 6.06. The smallest absolute Gasteiger partial charge is 0.416 e. The van der Waals surface area contributed by atoms with Crippen molar-refractivity contribution in [3.8, 4) is 0 Å². The van der Waals surface area contributed by atoms with Gasteiger partial charge in [0.1, 0.15) is 0 Å². The van der Waals surface area contributed by atoms with E-state index in [1.54, 1.807) is 12.1 Å². The fraction of sp³-hybridized carbons (Fsp3) is 0.133. The minimum Gasteiger partial charge on any atom is -0.478 e. The molecule has 0 radical (unpaired) electrons. The van der Waals surface area contributed by atoms with Crippen LogP contribution in [0.4, 0.5) is 24.5 Å². The molecular formula is C15H12F3NO2. The van der Waals surface area contributed by atoms with Gasteiger partial charge >= 0.3 is 12.1 Å². The van der Waals surface area contributed by atoms with E-state index in [9.17, 15) is 18.0 Å². The van der Waals surface area contributed by atoms with Crippen molar-refractivity contribution in [3.05, 3.63) is 59.2 Å². The average Bonchev–Trinajstić information content (AvgIpc) is 2.40. The molecule has 0 atom stereocenters. The summed E-state index contributed by atoms with van der Waals surface area (Å²) in [7, 11) is 0. The Balaban J connectivity index is 2.40. The van der Waals surface area contributed by atoms with E-state index in [0.29, 0.717) is 0 Å². The lowest BCUT2D eigenvalue weighted by molar-refractivity contribution is -0.138. The van der Waals surface area contributed by atoms with E-state index in [1.807, 2.05) is 0 Å². The molecule has 0 aliphatic heterocycles. The molecule has 6 heteroatoms. The van der Waals surface area contributed by atoms with E-state index >= 15 is 0 Å². The lowest BCUT2D eigenvalue weighted by atomic mass is 10.1. The van der Waals surface area contributed by atoms with Gasteiger partial charge in [-0.15, -0.1) is 0 Å². The van der Waals surface area contributed by atoms with E-state index < -0.39 is 17.7 Å². The Hall–Kier alpha value is -2.50. The summed E-state index contributed by atoms with van der Waals surface area (Å²) in [5, 5.41) is 11.8. The molecule has 0 aromatic heterocycles. The lowest BCUT2D eigenvalue weighted by Gasteiger charge is -2.14. The standard InChI is InChI=1S/C15H12F3NO2/c1-9-6-7-10(8-12(9)15(16,17)18)19-13-5-3-2-4-11(13)14(20)21/h2-8,19H,1H3,(H,20,21). The fourth-order valence-corrected chi connectivity index (χ4v) is 1.94. The number of aryl methyl sites for hydroxylation is 1. The molecule has 0 saturated carbocycles. The van der Waals surface area contributed by atoms with Crippen molar-refractivity contribution in [2.45, 2.75) is 13.1 Å². The monoisotopic (exact) mass is 295 g/mol. The molecule has 0 amide bonds. The largest absolute Gasteiger partial charge is 0.478 e. The maximum atomic E-state index is 12.9. The number of aromatic carboxylic acids is 1. The molecule has 2 aromatic carbocycles. The third-order valence-corrected chi connectivity index (χ3v) is 2.98. The van der Waals surface area contributed by atoms with Crippen LogP contribution in [-0.4, -0.2) is 11.1 Å². The number of halogens is 3. The Morgan fingerprint density at radius 1 is 1.14 bits per heavy atom. The maximum Gasteiger partial charge on any atom is 0.416 e. The van der Waals surface area contributed by atoms with Gasteiger partial charge in [0.2, 0.25) is 0 Å². The molecule has 0 heterocycles. The predicted octanol–water partition coefficient (Wildman–Crippen LogP) is 4.46. The summed E-state index contributed by atoms with van der Waals surface area (Å²) in [5.74, 6) is -1.15. The highest BCUT2D eigenvalue weighted by molar-refractivity contribution is 5.95. The van der Waals surface area contributed by atoms with Gasteiger partial charge in [0.25, 0.3) is 0 Å². The zero-order valence-corrected chi connectivity index (χ0v) is 11.0. The van der Waals surface area contributed by atoms with Gasteiger partial charge in [-0.2, -0.15) is 13.2 Å². The predicted molar refractivity (Wildman–Crippen MR) is 72.9 cm³/mol. The number of carboxylic acid groups (broad SMARTS) is 1. The number of anilines is 2. The van der Waals surface area contributed by atoms with Crippen molar-refractivity contribution in [1.29, 1.82) is 0 Å².